The Morgan fingerprint density at radius 1 is 0.528 bits per heavy atom. The molecule has 4 saturated heterocycles. The van der Waals surface area contributed by atoms with Crippen LogP contribution in [0.15, 0.2) is 0 Å². The van der Waals surface area contributed by atoms with Gasteiger partial charge in [0.1, 0.15) is 79.3 Å². The molecule has 8 unspecified atom stereocenters. The predicted molar refractivity (Wildman–Crippen MR) is 162 cm³/mol. The molecule has 0 aliphatic carbocycles. The molecule has 0 aromatic carbocycles. The molecule has 4 fully saturated rings. The summed E-state index contributed by atoms with van der Waals surface area (Å²) in [6, 6.07) is -2.85. The van der Waals surface area contributed by atoms with E-state index in [0.717, 1.165) is 6.92 Å². The van der Waals surface area contributed by atoms with Crippen molar-refractivity contribution in [3.05, 3.63) is 0 Å². The Balaban J connectivity index is 1.55. The highest BCUT2D eigenvalue weighted by molar-refractivity contribution is 5.74. The van der Waals surface area contributed by atoms with Gasteiger partial charge in [0, 0.05) is 13.8 Å². The molecule has 13 N–H and O–H groups in total. The van der Waals surface area contributed by atoms with Gasteiger partial charge in [0.25, 0.3) is 0 Å². The summed E-state index contributed by atoms with van der Waals surface area (Å²) in [5.41, 5.74) is 0. The molecule has 53 heavy (non-hydrogen) atoms. The van der Waals surface area contributed by atoms with Crippen molar-refractivity contribution in [1.82, 2.24) is 10.6 Å². The van der Waals surface area contributed by atoms with Gasteiger partial charge in [-0.25, -0.2) is 9.59 Å². The molecule has 0 aromatic heterocycles. The molecular formula is C29H46N2O22. The van der Waals surface area contributed by atoms with Crippen molar-refractivity contribution in [3.8, 4) is 0 Å². The Hall–Kier alpha value is -2.76. The van der Waals surface area contributed by atoms with Gasteiger partial charge in [-0.1, -0.05) is 0 Å². The average molecular weight is 775 g/mol. The van der Waals surface area contributed by atoms with Crippen LogP contribution in [0.2, 0.25) is 0 Å². The molecule has 304 valence electrons. The summed E-state index contributed by atoms with van der Waals surface area (Å²) < 4.78 is 38.7. The Morgan fingerprint density at radius 3 is 1.45 bits per heavy atom. The van der Waals surface area contributed by atoms with Crippen molar-refractivity contribution < 1.29 is 109 Å². The summed E-state index contributed by atoms with van der Waals surface area (Å²) in [5, 5.41) is 119. The van der Waals surface area contributed by atoms with Crippen LogP contribution in [-0.4, -0.2) is 216 Å². The Kier molecular flexibility index (Phi) is 14.4. The van der Waals surface area contributed by atoms with Crippen LogP contribution in [0.4, 0.5) is 0 Å². The predicted octanol–water partition coefficient (Wildman–Crippen LogP) is -8.21. The number of aliphatic carboxylic acids is 2. The number of aliphatic hydroxyl groups excluding tert-OH is 9. The van der Waals surface area contributed by atoms with Crippen LogP contribution < -0.4 is 10.6 Å². The second kappa shape index (κ2) is 17.8. The standard InChI is InChI=1S/C29H46N2O22/c1-6-11(30-7(2)34)13(36)20(9(4-32)47-6)49-29-19(42)17(40)22(24(53-29)26(45)46)51-27-12(31-8(3)35)14(37)21(10(5-33)48-27)50-28-18(41)15(38)16(39)23(52-28)25(43)44/h6,9-24,27-29,32-33,36-42H,4-5H2,1-3H3,(H,30,34)(H,31,35)(H,43,44)(H,45,46)/t6-,9?,10?,11?,12?,13-,14-,15+,16-,17-,18?,19?,20-,21-,22-,23?,24?,27-,28+,29+/m0/s1. The number of ether oxygens (including phenoxy) is 7. The molecule has 0 bridgehead atoms. The number of carbonyl (C=O) groups is 4. The van der Waals surface area contributed by atoms with E-state index >= 15 is 0 Å². The summed E-state index contributed by atoms with van der Waals surface area (Å²) in [6.45, 7) is 1.89. The van der Waals surface area contributed by atoms with Crippen LogP contribution in [0.25, 0.3) is 0 Å². The van der Waals surface area contributed by atoms with E-state index in [4.69, 9.17) is 33.2 Å². The molecule has 4 aliphatic heterocycles. The highest BCUT2D eigenvalue weighted by atomic mass is 16.8. The van der Waals surface area contributed by atoms with Crippen LogP contribution in [0.5, 0.6) is 0 Å². The fraction of sp³-hybridized carbons (Fsp3) is 0.862. The second-order valence-electron chi connectivity index (χ2n) is 13.0. The van der Waals surface area contributed by atoms with Gasteiger partial charge in [-0.3, -0.25) is 9.59 Å². The van der Waals surface area contributed by atoms with E-state index in [2.05, 4.69) is 10.6 Å². The van der Waals surface area contributed by atoms with Crippen molar-refractivity contribution in [1.29, 1.82) is 0 Å². The van der Waals surface area contributed by atoms with Crippen LogP contribution in [0, 0.1) is 0 Å². The number of rotatable bonds is 12. The lowest BCUT2D eigenvalue weighted by Crippen LogP contribution is -2.70. The third kappa shape index (κ3) is 9.21. The van der Waals surface area contributed by atoms with Crippen molar-refractivity contribution in [2.45, 2.75) is 143 Å². The molecule has 0 radical (unpaired) electrons. The van der Waals surface area contributed by atoms with E-state index in [-0.39, 0.29) is 0 Å². The Morgan fingerprint density at radius 2 is 0.962 bits per heavy atom. The third-order valence-corrected chi connectivity index (χ3v) is 9.21. The highest BCUT2D eigenvalue weighted by Crippen LogP contribution is 2.34. The Bertz CT molecular complexity index is 1290. The van der Waals surface area contributed by atoms with Crippen molar-refractivity contribution in [2.75, 3.05) is 13.2 Å². The van der Waals surface area contributed by atoms with E-state index in [1.807, 2.05) is 0 Å². The third-order valence-electron chi connectivity index (χ3n) is 9.21. The van der Waals surface area contributed by atoms with E-state index in [0.29, 0.717) is 0 Å². The number of hydrogen-bond acceptors (Lipinski definition) is 20. The lowest BCUT2D eigenvalue weighted by molar-refractivity contribution is -0.368. The lowest BCUT2D eigenvalue weighted by Gasteiger charge is -2.49. The number of hydrogen-bond donors (Lipinski definition) is 13. The van der Waals surface area contributed by atoms with Crippen LogP contribution in [0.3, 0.4) is 0 Å². The van der Waals surface area contributed by atoms with Gasteiger partial charge in [-0.15, -0.1) is 0 Å². The number of aliphatic hydroxyl groups is 9. The molecule has 20 atom stereocenters. The fourth-order valence-corrected chi connectivity index (χ4v) is 6.56. The van der Waals surface area contributed by atoms with Crippen LogP contribution in [0.1, 0.15) is 20.8 Å². The zero-order chi connectivity index (χ0) is 39.6. The number of nitrogens with one attached hydrogen (secondary N) is 2. The maximum absolute atomic E-state index is 12.4. The first-order chi connectivity index (χ1) is 24.8. The summed E-state index contributed by atoms with van der Waals surface area (Å²) >= 11 is 0. The maximum Gasteiger partial charge on any atom is 0.335 e. The van der Waals surface area contributed by atoms with E-state index in [1.165, 1.54) is 13.8 Å². The summed E-state index contributed by atoms with van der Waals surface area (Å²) in [5.74, 6) is -4.95. The SMILES string of the molecule is CC(=O)NC1[C@H](O[C@@H]2C(C(=O)O)O[C@@H](O[C@H]3C(CO)O[C@@H](C)C(NC(C)=O)[C@@H]3O)C(O)[C@@H]2O)OC(CO)[C@H](O[C@@H]2OC(C(=O)O)[C@@H](O)[C@@H](O)C2O)[C@H]1O. The molecule has 24 heteroatoms. The number of carboxylic acid groups (broad SMARTS) is 2. The minimum absolute atomic E-state index is 0.555. The smallest absolute Gasteiger partial charge is 0.335 e. The van der Waals surface area contributed by atoms with E-state index in [1.54, 1.807) is 0 Å². The normalized spacial score (nSPS) is 46.3. The first kappa shape index (κ1) is 43.0. The second-order valence-corrected chi connectivity index (χ2v) is 13.0. The highest BCUT2D eigenvalue weighted by Gasteiger charge is 2.57. The largest absolute Gasteiger partial charge is 0.479 e. The van der Waals surface area contributed by atoms with Gasteiger partial charge in [0.05, 0.1) is 25.4 Å². The van der Waals surface area contributed by atoms with Crippen molar-refractivity contribution >= 4 is 23.8 Å². The average Bonchev–Trinajstić information content (AvgIpc) is 3.08. The molecule has 4 rings (SSSR count). The zero-order valence-electron chi connectivity index (χ0n) is 28.4. The number of amides is 2. The first-order valence-electron chi connectivity index (χ1n) is 16.4. The van der Waals surface area contributed by atoms with E-state index < -0.39 is 159 Å². The zero-order valence-corrected chi connectivity index (χ0v) is 28.4. The quantitative estimate of drug-likeness (QED) is 0.0875. The van der Waals surface area contributed by atoms with Gasteiger partial charge >= 0.3 is 11.9 Å². The van der Waals surface area contributed by atoms with Crippen LogP contribution in [-0.2, 0) is 52.3 Å². The van der Waals surface area contributed by atoms with Crippen LogP contribution >= 0.6 is 0 Å². The van der Waals surface area contributed by atoms with Gasteiger partial charge in [-0.2, -0.15) is 0 Å². The topological polar surface area (TPSA) is 379 Å². The Labute approximate surface area is 299 Å². The molecule has 4 aliphatic rings. The van der Waals surface area contributed by atoms with Gasteiger partial charge in [0.15, 0.2) is 31.1 Å². The maximum atomic E-state index is 12.4. The van der Waals surface area contributed by atoms with Gasteiger partial charge < -0.3 is 100.0 Å². The van der Waals surface area contributed by atoms with Crippen molar-refractivity contribution in [3.63, 3.8) is 0 Å². The summed E-state index contributed by atoms with van der Waals surface area (Å²) in [4.78, 5) is 47.9. The molecule has 24 nitrogen and oxygen atoms in total. The molecule has 0 spiro atoms. The van der Waals surface area contributed by atoms with E-state index in [9.17, 15) is 75.3 Å². The lowest BCUT2D eigenvalue weighted by atomic mass is 9.92. The summed E-state index contributed by atoms with van der Waals surface area (Å²) in [7, 11) is 0. The fourth-order valence-electron chi connectivity index (χ4n) is 6.56. The number of carbonyl (C=O) groups excluding carboxylic acids is 2. The summed E-state index contributed by atoms with van der Waals surface area (Å²) in [6.07, 6.45) is -34.0. The van der Waals surface area contributed by atoms with Crippen molar-refractivity contribution in [2.24, 2.45) is 0 Å². The molecular weight excluding hydrogens is 728 g/mol. The number of carboxylic acids is 2. The molecule has 0 saturated carbocycles. The van der Waals surface area contributed by atoms with Gasteiger partial charge in [0.2, 0.25) is 11.8 Å². The first-order valence-corrected chi connectivity index (χ1v) is 16.4. The monoisotopic (exact) mass is 774 g/mol. The van der Waals surface area contributed by atoms with Gasteiger partial charge in [-0.05, 0) is 6.92 Å². The molecule has 4 heterocycles. The molecule has 0 aromatic rings. The molecule has 2 amide bonds. The minimum atomic E-state index is -2.22. The minimum Gasteiger partial charge on any atom is -0.479 e.